The molecule has 7 heteroatoms. The number of aryl methyl sites for hydroxylation is 2. The number of nitrogens with one attached hydrogen (secondary N) is 2. The zero-order valence-corrected chi connectivity index (χ0v) is 25.2. The Labute approximate surface area is 243 Å². The number of amides is 1. The van der Waals surface area contributed by atoms with Gasteiger partial charge in [-0.15, -0.1) is 0 Å². The number of fused-ring (bicyclic) bond motifs is 4. The molecule has 2 aliphatic rings. The summed E-state index contributed by atoms with van der Waals surface area (Å²) >= 11 is 1.56. The Kier molecular flexibility index (Phi) is 8.99. The van der Waals surface area contributed by atoms with Crippen LogP contribution in [0, 0.1) is 38.5 Å². The highest BCUT2D eigenvalue weighted by Gasteiger charge is 2.32. The fourth-order valence-corrected chi connectivity index (χ4v) is 7.10. The maximum Gasteiger partial charge on any atom is 0.237 e. The molecule has 2 aromatic carbocycles. The van der Waals surface area contributed by atoms with E-state index in [0.29, 0.717) is 48.1 Å². The van der Waals surface area contributed by atoms with Gasteiger partial charge in [-0.1, -0.05) is 44.2 Å². The molecule has 1 aliphatic heterocycles. The molecule has 1 fully saturated rings. The van der Waals surface area contributed by atoms with Crippen molar-refractivity contribution < 1.29 is 9.53 Å². The Hall–Kier alpha value is -3.06. The van der Waals surface area contributed by atoms with Gasteiger partial charge in [-0.05, 0) is 111 Å². The topological polar surface area (TPSA) is 76.1 Å². The van der Waals surface area contributed by atoms with Crippen LogP contribution in [0.3, 0.4) is 0 Å². The second-order valence-electron chi connectivity index (χ2n) is 12.1. The molecule has 2 heterocycles. The largest absolute Gasteiger partial charge is 0.477 e. The summed E-state index contributed by atoms with van der Waals surface area (Å²) in [5.41, 5.74) is 6.82. The fourth-order valence-electron chi connectivity index (χ4n) is 6.46. The Balaban J connectivity index is 1.49. The number of hydrogen-bond acceptors (Lipinski definition) is 6. The lowest BCUT2D eigenvalue weighted by molar-refractivity contribution is -0.110. The number of anilines is 1. The quantitative estimate of drug-likeness (QED) is 0.219. The van der Waals surface area contributed by atoms with Crippen LogP contribution >= 0.6 is 11.9 Å². The zero-order valence-electron chi connectivity index (χ0n) is 24.4. The van der Waals surface area contributed by atoms with Crippen LogP contribution in [-0.4, -0.2) is 29.0 Å². The number of aromatic nitrogens is 2. The van der Waals surface area contributed by atoms with Crippen LogP contribution in [0.25, 0.3) is 11.3 Å². The first kappa shape index (κ1) is 28.5. The summed E-state index contributed by atoms with van der Waals surface area (Å²) < 4.78 is 10.1. The molecule has 5 rings (SSSR count). The van der Waals surface area contributed by atoms with Crippen LogP contribution in [0.1, 0.15) is 74.1 Å². The molecule has 2 N–H and O–H groups in total. The normalized spacial score (nSPS) is 22.2. The van der Waals surface area contributed by atoms with Crippen LogP contribution in [0.4, 0.5) is 5.95 Å². The molecule has 1 aliphatic carbocycles. The van der Waals surface area contributed by atoms with E-state index >= 15 is 0 Å². The smallest absolute Gasteiger partial charge is 0.237 e. The van der Waals surface area contributed by atoms with Crippen LogP contribution in [0.5, 0.6) is 5.88 Å². The minimum absolute atomic E-state index is 0.348. The van der Waals surface area contributed by atoms with Gasteiger partial charge in [0, 0.05) is 28.0 Å². The van der Waals surface area contributed by atoms with Crippen molar-refractivity contribution >= 4 is 24.3 Å². The summed E-state index contributed by atoms with van der Waals surface area (Å²) in [5, 5.41) is 2.95. The van der Waals surface area contributed by atoms with Crippen molar-refractivity contribution in [1.82, 2.24) is 15.3 Å². The third-order valence-electron chi connectivity index (χ3n) is 8.57. The summed E-state index contributed by atoms with van der Waals surface area (Å²) in [5.74, 6) is 3.20. The molecule has 3 aromatic rings. The number of ether oxygens (including phenoxy) is 1. The van der Waals surface area contributed by atoms with Gasteiger partial charge >= 0.3 is 0 Å². The van der Waals surface area contributed by atoms with Crippen molar-refractivity contribution in [3.8, 4) is 17.1 Å². The van der Waals surface area contributed by atoms with Crippen molar-refractivity contribution in [2.24, 2.45) is 17.8 Å². The summed E-state index contributed by atoms with van der Waals surface area (Å²) in [7, 11) is 0. The first-order valence-corrected chi connectivity index (χ1v) is 15.4. The molecule has 6 nitrogen and oxygen atoms in total. The van der Waals surface area contributed by atoms with Crippen LogP contribution < -0.4 is 14.8 Å². The first-order valence-electron chi connectivity index (χ1n) is 14.6. The van der Waals surface area contributed by atoms with E-state index < -0.39 is 0 Å². The molecule has 2 atom stereocenters. The average molecular weight is 559 g/mol. The van der Waals surface area contributed by atoms with E-state index in [1.165, 1.54) is 23.1 Å². The number of carbonyl (C=O) groups excluding carboxylic acids is 1. The van der Waals surface area contributed by atoms with Crippen molar-refractivity contribution in [3.63, 3.8) is 0 Å². The highest BCUT2D eigenvalue weighted by atomic mass is 32.2. The first-order chi connectivity index (χ1) is 19.3. The highest BCUT2D eigenvalue weighted by molar-refractivity contribution is 8.00. The maximum absolute atomic E-state index is 10.8. The molecule has 0 radical (unpaired) electrons. The number of carbonyl (C=O) groups is 1. The standard InChI is InChI=1S/C33H42N4O2S/c1-20(2)14-26-18-39-32-23(5)31(30-21(3)8-6-9-22(30)4)35-33(36-32)37-40-28-11-7-10-25(17-28)29(26)13-12-24-15-27(16-24)34-19-38/h6-11,17,19-20,24,26-27,29H,12-16,18H2,1-5H3,(H,34,38)(H,35,36,37). The van der Waals surface area contributed by atoms with Crippen LogP contribution in [0.2, 0.25) is 0 Å². The van der Waals surface area contributed by atoms with Crippen molar-refractivity contribution in [2.45, 2.75) is 83.6 Å². The van der Waals surface area contributed by atoms with E-state index in [1.807, 2.05) is 0 Å². The Bertz CT molecular complexity index is 1320. The molecule has 0 saturated heterocycles. The lowest BCUT2D eigenvalue weighted by Crippen LogP contribution is -2.40. The van der Waals surface area contributed by atoms with Gasteiger partial charge in [-0.2, -0.15) is 4.98 Å². The van der Waals surface area contributed by atoms with E-state index in [0.717, 1.165) is 53.8 Å². The lowest BCUT2D eigenvalue weighted by atomic mass is 9.73. The van der Waals surface area contributed by atoms with Gasteiger partial charge in [0.25, 0.3) is 0 Å². The van der Waals surface area contributed by atoms with Gasteiger partial charge in [0.1, 0.15) is 0 Å². The predicted molar refractivity (Wildman–Crippen MR) is 164 cm³/mol. The minimum atomic E-state index is 0.348. The Morgan fingerprint density at radius 1 is 1.07 bits per heavy atom. The van der Waals surface area contributed by atoms with Crippen LogP contribution in [0.15, 0.2) is 47.4 Å². The van der Waals surface area contributed by atoms with Crippen molar-refractivity contribution in [2.75, 3.05) is 11.3 Å². The zero-order chi connectivity index (χ0) is 28.2. The second-order valence-corrected chi connectivity index (χ2v) is 13.0. The van der Waals surface area contributed by atoms with E-state index in [-0.39, 0.29) is 0 Å². The monoisotopic (exact) mass is 558 g/mol. The van der Waals surface area contributed by atoms with E-state index in [1.54, 1.807) is 11.9 Å². The third-order valence-corrected chi connectivity index (χ3v) is 9.34. The van der Waals surface area contributed by atoms with Gasteiger partial charge in [0.05, 0.1) is 12.3 Å². The lowest BCUT2D eigenvalue weighted by Gasteiger charge is -2.37. The number of benzene rings is 2. The van der Waals surface area contributed by atoms with Gasteiger partial charge in [0.15, 0.2) is 0 Å². The van der Waals surface area contributed by atoms with Gasteiger partial charge in [0.2, 0.25) is 18.2 Å². The molecule has 4 bridgehead atoms. The summed E-state index contributed by atoms with van der Waals surface area (Å²) in [6.45, 7) is 11.6. The number of rotatable bonds is 8. The van der Waals surface area contributed by atoms with Crippen molar-refractivity contribution in [3.05, 3.63) is 64.7 Å². The number of nitrogens with zero attached hydrogens (tertiary/aromatic N) is 2. The Morgan fingerprint density at radius 3 is 2.55 bits per heavy atom. The van der Waals surface area contributed by atoms with Gasteiger partial charge in [-0.25, -0.2) is 4.98 Å². The molecule has 212 valence electrons. The predicted octanol–water partition coefficient (Wildman–Crippen LogP) is 7.63. The number of hydrogen-bond donors (Lipinski definition) is 2. The average Bonchev–Trinajstić information content (AvgIpc) is 2.90. The van der Waals surface area contributed by atoms with Crippen LogP contribution in [-0.2, 0) is 4.79 Å². The fraction of sp³-hybridized carbons (Fsp3) is 0.485. The van der Waals surface area contributed by atoms with Crippen molar-refractivity contribution in [1.29, 1.82) is 0 Å². The molecule has 1 aromatic heterocycles. The third kappa shape index (κ3) is 6.46. The van der Waals surface area contributed by atoms with E-state index in [4.69, 9.17) is 14.7 Å². The summed E-state index contributed by atoms with van der Waals surface area (Å²) in [4.78, 5) is 21.8. The molecule has 0 spiro atoms. The van der Waals surface area contributed by atoms with E-state index in [2.05, 4.69) is 87.1 Å². The summed E-state index contributed by atoms with van der Waals surface area (Å²) in [6.07, 6.45) is 6.37. The molecular weight excluding hydrogens is 516 g/mol. The minimum Gasteiger partial charge on any atom is -0.477 e. The molecular formula is C33H42N4O2S. The summed E-state index contributed by atoms with van der Waals surface area (Å²) in [6, 6.07) is 15.7. The molecule has 40 heavy (non-hydrogen) atoms. The van der Waals surface area contributed by atoms with E-state index in [9.17, 15) is 4.79 Å². The van der Waals surface area contributed by atoms with Gasteiger partial charge in [-0.3, -0.25) is 9.52 Å². The Morgan fingerprint density at radius 2 is 1.82 bits per heavy atom. The highest BCUT2D eigenvalue weighted by Crippen LogP contribution is 2.41. The van der Waals surface area contributed by atoms with Gasteiger partial charge < -0.3 is 10.1 Å². The maximum atomic E-state index is 10.8. The molecule has 2 unspecified atom stereocenters. The molecule has 1 saturated carbocycles. The molecule has 1 amide bonds. The SMILES string of the molecule is Cc1cccc(C)c1-c1nc2nc(c1C)OCC(CC(C)C)C(CCC1CC(NC=O)C1)c1cccc(c1)SN2. The second kappa shape index (κ2) is 12.6.